The van der Waals surface area contributed by atoms with Crippen LogP contribution in [0.1, 0.15) is 6.42 Å². The van der Waals surface area contributed by atoms with E-state index in [1.807, 2.05) is 0 Å². The molecule has 2 unspecified atom stereocenters. The largest absolute Gasteiger partial charge is 0.481 e. The SMILES string of the molecule is NC(CC(=O)O)C(=O)NCC(=O)NC(CS)C(=O)NCC(=O)O. The van der Waals surface area contributed by atoms with E-state index in [9.17, 15) is 24.0 Å². The third-order valence-electron chi connectivity index (χ3n) is 2.40. The maximum Gasteiger partial charge on any atom is 0.322 e. The van der Waals surface area contributed by atoms with Gasteiger partial charge in [0.05, 0.1) is 19.0 Å². The Morgan fingerprint density at radius 3 is 2.00 bits per heavy atom. The topological polar surface area (TPSA) is 188 Å². The number of amides is 3. The highest BCUT2D eigenvalue weighted by molar-refractivity contribution is 7.80. The van der Waals surface area contributed by atoms with E-state index in [1.54, 1.807) is 0 Å². The second-order valence-corrected chi connectivity index (χ2v) is 4.70. The van der Waals surface area contributed by atoms with Crippen LogP contribution in [0.3, 0.4) is 0 Å². The molecule has 0 bridgehead atoms. The molecule has 130 valence electrons. The number of hydrogen-bond acceptors (Lipinski definition) is 7. The van der Waals surface area contributed by atoms with Crippen molar-refractivity contribution in [2.45, 2.75) is 18.5 Å². The fourth-order valence-corrected chi connectivity index (χ4v) is 1.56. The molecule has 0 saturated carbocycles. The number of thiol groups is 1. The molecule has 0 rings (SSSR count). The number of nitrogens with two attached hydrogens (primary N) is 1. The minimum Gasteiger partial charge on any atom is -0.481 e. The molecule has 3 amide bonds. The predicted molar refractivity (Wildman–Crippen MR) is 79.7 cm³/mol. The number of aliphatic carboxylic acids is 2. The highest BCUT2D eigenvalue weighted by Crippen LogP contribution is 1.90. The quantitative estimate of drug-likeness (QED) is 0.198. The lowest BCUT2D eigenvalue weighted by Crippen LogP contribution is -2.52. The number of carbonyl (C=O) groups is 5. The average molecular weight is 350 g/mol. The normalized spacial score (nSPS) is 12.6. The molecule has 0 aromatic heterocycles. The van der Waals surface area contributed by atoms with Crippen LogP contribution < -0.4 is 21.7 Å². The van der Waals surface area contributed by atoms with Crippen LogP contribution >= 0.6 is 12.6 Å². The van der Waals surface area contributed by atoms with E-state index in [2.05, 4.69) is 28.6 Å². The molecule has 12 heteroatoms. The highest BCUT2D eigenvalue weighted by Gasteiger charge is 2.21. The molecule has 0 spiro atoms. The lowest BCUT2D eigenvalue weighted by Gasteiger charge is -2.16. The van der Waals surface area contributed by atoms with E-state index >= 15 is 0 Å². The summed E-state index contributed by atoms with van der Waals surface area (Å²) in [6.45, 7) is -1.14. The fraction of sp³-hybridized carbons (Fsp3) is 0.545. The Balaban J connectivity index is 4.29. The van der Waals surface area contributed by atoms with Gasteiger partial charge in [0.25, 0.3) is 0 Å². The summed E-state index contributed by atoms with van der Waals surface area (Å²) in [6.07, 6.45) is -0.593. The van der Waals surface area contributed by atoms with E-state index < -0.39 is 61.3 Å². The summed E-state index contributed by atoms with van der Waals surface area (Å²) < 4.78 is 0. The fourth-order valence-electron chi connectivity index (χ4n) is 1.30. The summed E-state index contributed by atoms with van der Waals surface area (Å²) in [5, 5.41) is 23.3. The van der Waals surface area contributed by atoms with E-state index in [-0.39, 0.29) is 5.75 Å². The van der Waals surface area contributed by atoms with Gasteiger partial charge >= 0.3 is 11.9 Å². The minimum absolute atomic E-state index is 0.0936. The van der Waals surface area contributed by atoms with Crippen molar-refractivity contribution in [2.75, 3.05) is 18.8 Å². The van der Waals surface area contributed by atoms with Gasteiger partial charge in [-0.2, -0.15) is 12.6 Å². The first-order valence-corrected chi connectivity index (χ1v) is 6.95. The number of carbonyl (C=O) groups excluding carboxylic acids is 3. The van der Waals surface area contributed by atoms with Crippen molar-refractivity contribution in [3.8, 4) is 0 Å². The lowest BCUT2D eigenvalue weighted by molar-refractivity contribution is -0.139. The van der Waals surface area contributed by atoms with Crippen LogP contribution in [0.4, 0.5) is 0 Å². The molecule has 0 aliphatic rings. The predicted octanol–water partition coefficient (Wildman–Crippen LogP) is -3.48. The van der Waals surface area contributed by atoms with Crippen molar-refractivity contribution in [3.05, 3.63) is 0 Å². The van der Waals surface area contributed by atoms with Gasteiger partial charge in [-0.3, -0.25) is 24.0 Å². The second kappa shape index (κ2) is 10.4. The van der Waals surface area contributed by atoms with Crippen molar-refractivity contribution in [1.82, 2.24) is 16.0 Å². The maximum absolute atomic E-state index is 11.6. The first kappa shape index (κ1) is 20.7. The summed E-state index contributed by atoms with van der Waals surface area (Å²) in [6, 6.07) is -2.39. The van der Waals surface area contributed by atoms with E-state index in [0.717, 1.165) is 0 Å². The lowest BCUT2D eigenvalue weighted by atomic mass is 10.2. The number of rotatable bonds is 10. The van der Waals surface area contributed by atoms with Gasteiger partial charge in [-0.1, -0.05) is 0 Å². The summed E-state index contributed by atoms with van der Waals surface area (Å²) in [5.74, 6) is -4.93. The zero-order chi connectivity index (χ0) is 18.0. The molecule has 0 aliphatic carbocycles. The number of carboxylic acids is 2. The summed E-state index contributed by atoms with van der Waals surface area (Å²) in [5.41, 5.74) is 5.29. The minimum atomic E-state index is -1.31. The smallest absolute Gasteiger partial charge is 0.322 e. The maximum atomic E-state index is 11.6. The average Bonchev–Trinajstić information content (AvgIpc) is 2.46. The summed E-state index contributed by atoms with van der Waals surface area (Å²) in [7, 11) is 0. The molecule has 0 aromatic rings. The van der Waals surface area contributed by atoms with Crippen LogP contribution in [0.25, 0.3) is 0 Å². The summed E-state index contributed by atoms with van der Waals surface area (Å²) in [4.78, 5) is 55.3. The Bertz CT molecular complexity index is 485. The second-order valence-electron chi connectivity index (χ2n) is 4.34. The molecular weight excluding hydrogens is 332 g/mol. The Hall–Kier alpha value is -2.34. The van der Waals surface area contributed by atoms with Gasteiger partial charge in [-0.05, 0) is 0 Å². The molecule has 23 heavy (non-hydrogen) atoms. The Labute approximate surface area is 136 Å². The molecule has 2 atom stereocenters. The summed E-state index contributed by atoms with van der Waals surface area (Å²) >= 11 is 3.86. The van der Waals surface area contributed by atoms with Crippen molar-refractivity contribution in [1.29, 1.82) is 0 Å². The zero-order valence-corrected chi connectivity index (χ0v) is 12.8. The monoisotopic (exact) mass is 350 g/mol. The van der Waals surface area contributed by atoms with Crippen molar-refractivity contribution >= 4 is 42.3 Å². The number of hydrogen-bond donors (Lipinski definition) is 7. The highest BCUT2D eigenvalue weighted by atomic mass is 32.1. The molecule has 0 radical (unpaired) electrons. The van der Waals surface area contributed by atoms with Crippen LogP contribution in [0.15, 0.2) is 0 Å². The van der Waals surface area contributed by atoms with Crippen LogP contribution in [-0.2, 0) is 24.0 Å². The zero-order valence-electron chi connectivity index (χ0n) is 11.9. The van der Waals surface area contributed by atoms with Gasteiger partial charge < -0.3 is 31.9 Å². The van der Waals surface area contributed by atoms with Gasteiger partial charge in [0.15, 0.2) is 0 Å². The van der Waals surface area contributed by atoms with Gasteiger partial charge in [0, 0.05) is 5.75 Å². The van der Waals surface area contributed by atoms with E-state index in [4.69, 9.17) is 15.9 Å². The Morgan fingerprint density at radius 2 is 1.52 bits per heavy atom. The van der Waals surface area contributed by atoms with E-state index in [1.165, 1.54) is 0 Å². The standard InChI is InChI=1S/C11H18N4O7S/c12-5(1-8(17)18)10(21)13-2-7(16)15-6(4-23)11(22)14-3-9(19)20/h5-6,23H,1-4,12H2,(H,13,21)(H,14,22)(H,15,16)(H,17,18)(H,19,20). The third-order valence-corrected chi connectivity index (χ3v) is 2.77. The van der Waals surface area contributed by atoms with Gasteiger partial charge in [0.1, 0.15) is 12.6 Å². The molecule has 7 N–H and O–H groups in total. The number of carboxylic acid groups (broad SMARTS) is 2. The van der Waals surface area contributed by atoms with Crippen molar-refractivity contribution in [3.63, 3.8) is 0 Å². The molecule has 0 aliphatic heterocycles. The molecule has 0 heterocycles. The van der Waals surface area contributed by atoms with Crippen molar-refractivity contribution in [2.24, 2.45) is 5.73 Å². The Kier molecular flexibility index (Phi) is 9.34. The van der Waals surface area contributed by atoms with Gasteiger partial charge in [-0.25, -0.2) is 0 Å². The number of nitrogens with one attached hydrogen (secondary N) is 3. The van der Waals surface area contributed by atoms with Crippen LogP contribution in [0, 0.1) is 0 Å². The Morgan fingerprint density at radius 1 is 0.957 bits per heavy atom. The molecule has 0 aromatic carbocycles. The van der Waals surface area contributed by atoms with Crippen LogP contribution in [0.5, 0.6) is 0 Å². The van der Waals surface area contributed by atoms with Gasteiger partial charge in [-0.15, -0.1) is 0 Å². The molecule has 0 saturated heterocycles. The first-order valence-electron chi connectivity index (χ1n) is 6.32. The molecular formula is C11H18N4O7S. The van der Waals surface area contributed by atoms with Crippen LogP contribution in [0.2, 0.25) is 0 Å². The first-order chi connectivity index (χ1) is 10.7. The molecule has 0 fully saturated rings. The van der Waals surface area contributed by atoms with E-state index in [0.29, 0.717) is 0 Å². The van der Waals surface area contributed by atoms with Gasteiger partial charge in [0.2, 0.25) is 17.7 Å². The van der Waals surface area contributed by atoms with Crippen molar-refractivity contribution < 1.29 is 34.2 Å². The third kappa shape index (κ3) is 9.31. The molecule has 11 nitrogen and oxygen atoms in total. The van der Waals surface area contributed by atoms with Crippen LogP contribution in [-0.4, -0.2) is 70.8 Å².